The average molecular weight is 432 g/mol. The molecule has 2 heterocycles. The summed E-state index contributed by atoms with van der Waals surface area (Å²) in [5.74, 6) is -0.732. The Morgan fingerprint density at radius 1 is 1.16 bits per heavy atom. The van der Waals surface area contributed by atoms with Gasteiger partial charge in [-0.25, -0.2) is 4.39 Å². The topological polar surface area (TPSA) is 97.7 Å². The maximum atomic E-state index is 14.9. The lowest BCUT2D eigenvalue weighted by molar-refractivity contribution is -0.136. The second-order valence-corrected chi connectivity index (χ2v) is 7.74. The minimum atomic E-state index is -0.927. The largest absolute Gasteiger partial charge is 0.481 e. The maximum Gasteiger partial charge on any atom is 0.307 e. The van der Waals surface area contributed by atoms with Crippen LogP contribution in [0.1, 0.15) is 22.8 Å². The third kappa shape index (κ3) is 3.46. The minimum absolute atomic E-state index is 0.124. The lowest BCUT2D eigenvalue weighted by atomic mass is 9.98. The second-order valence-electron chi connectivity index (χ2n) is 7.74. The molecule has 0 spiro atoms. The molecule has 1 atom stereocenters. The fraction of sp³-hybridized carbons (Fsp3) is 0.160. The van der Waals surface area contributed by atoms with Crippen LogP contribution in [-0.4, -0.2) is 17.6 Å². The smallest absolute Gasteiger partial charge is 0.307 e. The van der Waals surface area contributed by atoms with Crippen molar-refractivity contribution in [2.24, 2.45) is 5.73 Å². The zero-order chi connectivity index (χ0) is 22.2. The Morgan fingerprint density at radius 3 is 2.78 bits per heavy atom. The molecule has 32 heavy (non-hydrogen) atoms. The fourth-order valence-corrected chi connectivity index (χ4v) is 4.15. The average Bonchev–Trinajstić information content (AvgIpc) is 3.22. The highest BCUT2D eigenvalue weighted by Gasteiger charge is 2.27. The van der Waals surface area contributed by atoms with Crippen LogP contribution in [-0.2, 0) is 17.8 Å². The molecule has 3 aromatic carbocycles. The number of anilines is 1. The number of hydrogen-bond donors (Lipinski definition) is 3. The summed E-state index contributed by atoms with van der Waals surface area (Å²) >= 11 is 0. The summed E-state index contributed by atoms with van der Waals surface area (Å²) in [6.45, 7) is 0.609. The standard InChI is InChI=1S/C25H21FN2O4/c26-24-16(11-27)4-1-5-17(24)14-7-8-21-18(9-14)19(13-31-21)22-12-28-20-6-2-3-15(10-23(29)30)25(20)32-22/h1-9,13,22,28H,10-12,27H2,(H,29,30)/t22-/m1/s1. The molecule has 0 fully saturated rings. The van der Waals surface area contributed by atoms with Gasteiger partial charge < -0.3 is 25.3 Å². The molecule has 4 aromatic rings. The first-order chi connectivity index (χ1) is 15.5. The number of nitrogens with one attached hydrogen (secondary N) is 1. The van der Waals surface area contributed by atoms with Gasteiger partial charge in [0.05, 0.1) is 24.9 Å². The first-order valence-corrected chi connectivity index (χ1v) is 10.3. The molecular formula is C25H21FN2O4. The van der Waals surface area contributed by atoms with E-state index in [1.54, 1.807) is 36.6 Å². The van der Waals surface area contributed by atoms with Gasteiger partial charge in [-0.15, -0.1) is 0 Å². The van der Waals surface area contributed by atoms with Crippen LogP contribution in [0.25, 0.3) is 22.1 Å². The van der Waals surface area contributed by atoms with Gasteiger partial charge in [-0.05, 0) is 23.8 Å². The van der Waals surface area contributed by atoms with Gasteiger partial charge in [0.25, 0.3) is 0 Å². The van der Waals surface area contributed by atoms with Crippen LogP contribution in [0.3, 0.4) is 0 Å². The second kappa shape index (κ2) is 8.01. The summed E-state index contributed by atoms with van der Waals surface area (Å²) in [6, 6.07) is 16.1. The van der Waals surface area contributed by atoms with Crippen molar-refractivity contribution in [3.63, 3.8) is 0 Å². The zero-order valence-corrected chi connectivity index (χ0v) is 17.1. The Bertz CT molecular complexity index is 1330. The van der Waals surface area contributed by atoms with Crippen molar-refractivity contribution >= 4 is 22.6 Å². The number of rotatable bonds is 5. The monoisotopic (exact) mass is 432 g/mol. The molecule has 0 amide bonds. The van der Waals surface area contributed by atoms with Gasteiger partial charge in [-0.3, -0.25) is 4.79 Å². The summed E-state index contributed by atoms with van der Waals surface area (Å²) in [6.07, 6.45) is 1.11. The van der Waals surface area contributed by atoms with Crippen molar-refractivity contribution in [1.82, 2.24) is 0 Å². The molecule has 0 aliphatic carbocycles. The molecule has 4 N–H and O–H groups in total. The predicted molar refractivity (Wildman–Crippen MR) is 119 cm³/mol. The van der Waals surface area contributed by atoms with E-state index in [0.29, 0.717) is 40.1 Å². The van der Waals surface area contributed by atoms with Crippen molar-refractivity contribution in [3.05, 3.63) is 83.4 Å². The molecular weight excluding hydrogens is 411 g/mol. The number of para-hydroxylation sites is 1. The van der Waals surface area contributed by atoms with E-state index in [1.165, 1.54) is 0 Å². The number of carboxylic acids is 1. The summed E-state index contributed by atoms with van der Waals surface area (Å²) in [5, 5.41) is 13.4. The van der Waals surface area contributed by atoms with E-state index < -0.39 is 12.1 Å². The Kier molecular flexibility index (Phi) is 5.03. The highest BCUT2D eigenvalue weighted by Crippen LogP contribution is 2.40. The third-order valence-electron chi connectivity index (χ3n) is 5.74. The SMILES string of the molecule is NCc1cccc(-c2ccc3occ([C@H]4CNc5cccc(CC(=O)O)c5O4)c3c2)c1F. The first kappa shape index (κ1) is 20.1. The van der Waals surface area contributed by atoms with E-state index in [9.17, 15) is 14.3 Å². The van der Waals surface area contributed by atoms with E-state index in [-0.39, 0.29) is 18.8 Å². The van der Waals surface area contributed by atoms with Crippen molar-refractivity contribution in [3.8, 4) is 16.9 Å². The van der Waals surface area contributed by atoms with Crippen molar-refractivity contribution in [1.29, 1.82) is 0 Å². The van der Waals surface area contributed by atoms with Crippen molar-refractivity contribution in [2.45, 2.75) is 19.1 Å². The number of halogens is 1. The van der Waals surface area contributed by atoms with E-state index in [2.05, 4.69) is 5.32 Å². The maximum absolute atomic E-state index is 14.9. The fourth-order valence-electron chi connectivity index (χ4n) is 4.15. The molecule has 162 valence electrons. The van der Waals surface area contributed by atoms with E-state index in [4.69, 9.17) is 14.9 Å². The number of hydrogen-bond acceptors (Lipinski definition) is 5. The normalized spacial score (nSPS) is 15.1. The van der Waals surface area contributed by atoms with Gasteiger partial charge in [-0.1, -0.05) is 36.4 Å². The van der Waals surface area contributed by atoms with Crippen LogP contribution in [0.4, 0.5) is 10.1 Å². The van der Waals surface area contributed by atoms with Crippen LogP contribution < -0.4 is 15.8 Å². The lowest BCUT2D eigenvalue weighted by Crippen LogP contribution is -2.24. The van der Waals surface area contributed by atoms with Gasteiger partial charge in [0, 0.05) is 34.2 Å². The molecule has 6 nitrogen and oxygen atoms in total. The van der Waals surface area contributed by atoms with E-state index in [0.717, 1.165) is 16.6 Å². The Hall–Kier alpha value is -3.84. The number of carbonyl (C=O) groups is 1. The summed E-state index contributed by atoms with van der Waals surface area (Å²) < 4.78 is 26.8. The number of ether oxygens (including phenoxy) is 1. The molecule has 0 radical (unpaired) electrons. The lowest BCUT2D eigenvalue weighted by Gasteiger charge is -2.28. The van der Waals surface area contributed by atoms with Gasteiger partial charge in [0.15, 0.2) is 0 Å². The number of fused-ring (bicyclic) bond motifs is 2. The molecule has 1 aromatic heterocycles. The molecule has 5 rings (SSSR count). The number of aliphatic carboxylic acids is 1. The van der Waals surface area contributed by atoms with Gasteiger partial charge >= 0.3 is 5.97 Å². The van der Waals surface area contributed by atoms with Gasteiger partial charge in [0.1, 0.15) is 23.3 Å². The minimum Gasteiger partial charge on any atom is -0.481 e. The van der Waals surface area contributed by atoms with Crippen LogP contribution >= 0.6 is 0 Å². The molecule has 0 unspecified atom stereocenters. The molecule has 7 heteroatoms. The van der Waals surface area contributed by atoms with Crippen LogP contribution in [0.15, 0.2) is 65.3 Å². The molecule has 0 bridgehead atoms. The van der Waals surface area contributed by atoms with E-state index >= 15 is 0 Å². The van der Waals surface area contributed by atoms with Gasteiger partial charge in [0.2, 0.25) is 0 Å². The van der Waals surface area contributed by atoms with Crippen LogP contribution in [0, 0.1) is 5.82 Å². The Morgan fingerprint density at radius 2 is 1.97 bits per heavy atom. The zero-order valence-electron chi connectivity index (χ0n) is 17.1. The summed E-state index contributed by atoms with van der Waals surface area (Å²) in [4.78, 5) is 11.3. The highest BCUT2D eigenvalue weighted by molar-refractivity contribution is 5.87. The Balaban J connectivity index is 1.54. The molecule has 0 saturated heterocycles. The van der Waals surface area contributed by atoms with Gasteiger partial charge in [-0.2, -0.15) is 0 Å². The third-order valence-corrected chi connectivity index (χ3v) is 5.74. The molecule has 0 saturated carbocycles. The number of nitrogens with two attached hydrogens (primary N) is 1. The quantitative estimate of drug-likeness (QED) is 0.416. The Labute approximate surface area is 183 Å². The number of carboxylic acid groups (broad SMARTS) is 1. The van der Waals surface area contributed by atoms with Crippen LogP contribution in [0.2, 0.25) is 0 Å². The summed E-state index contributed by atoms with van der Waals surface area (Å²) in [5.41, 5.74) is 10.1. The number of benzene rings is 3. The van der Waals surface area contributed by atoms with Crippen molar-refractivity contribution < 1.29 is 23.4 Å². The van der Waals surface area contributed by atoms with Crippen LogP contribution in [0.5, 0.6) is 5.75 Å². The first-order valence-electron chi connectivity index (χ1n) is 10.3. The highest BCUT2D eigenvalue weighted by atomic mass is 19.1. The molecule has 1 aliphatic rings. The van der Waals surface area contributed by atoms with Crippen molar-refractivity contribution in [2.75, 3.05) is 11.9 Å². The molecule has 1 aliphatic heterocycles. The summed E-state index contributed by atoms with van der Waals surface area (Å²) in [7, 11) is 0. The predicted octanol–water partition coefficient (Wildman–Crippen LogP) is 4.87. The van der Waals surface area contributed by atoms with E-state index in [1.807, 2.05) is 24.3 Å². The number of furan rings is 1.